The lowest BCUT2D eigenvalue weighted by Gasteiger charge is -2.23. The van der Waals surface area contributed by atoms with Crippen LogP contribution in [0.5, 0.6) is 0 Å². The highest BCUT2D eigenvalue weighted by Crippen LogP contribution is 2.18. The summed E-state index contributed by atoms with van der Waals surface area (Å²) in [5.41, 5.74) is 1.31. The van der Waals surface area contributed by atoms with Crippen LogP contribution in [0.15, 0.2) is 30.3 Å². The first kappa shape index (κ1) is 15.4. The standard InChI is InChI=1S/C16H24N2OS/c1-2-13(14-6-4-3-5-7-14)11-18-16(19)10-15-12-20-9-8-17-15/h3-7,13,15,17H,2,8-12H2,1H3,(H,18,19). The Kier molecular flexibility index (Phi) is 6.40. The normalized spacial score (nSPS) is 20.4. The zero-order valence-electron chi connectivity index (χ0n) is 12.1. The molecule has 1 aliphatic rings. The molecule has 4 heteroatoms. The molecule has 1 aromatic carbocycles. The summed E-state index contributed by atoms with van der Waals surface area (Å²) in [6.45, 7) is 3.92. The first-order valence-electron chi connectivity index (χ1n) is 7.42. The lowest BCUT2D eigenvalue weighted by molar-refractivity contribution is -0.121. The Morgan fingerprint density at radius 3 is 2.90 bits per heavy atom. The number of hydrogen-bond acceptors (Lipinski definition) is 3. The third-order valence-corrected chi connectivity index (χ3v) is 4.87. The molecule has 1 aliphatic heterocycles. The first-order valence-corrected chi connectivity index (χ1v) is 8.57. The number of rotatable bonds is 6. The smallest absolute Gasteiger partial charge is 0.221 e. The van der Waals surface area contributed by atoms with E-state index in [0.717, 1.165) is 31.0 Å². The summed E-state index contributed by atoms with van der Waals surface area (Å²) < 4.78 is 0. The SMILES string of the molecule is CCC(CNC(=O)CC1CSCCN1)c1ccccc1. The van der Waals surface area contributed by atoms with Crippen molar-refractivity contribution in [2.24, 2.45) is 0 Å². The van der Waals surface area contributed by atoms with E-state index in [4.69, 9.17) is 0 Å². The van der Waals surface area contributed by atoms with Gasteiger partial charge in [-0.3, -0.25) is 4.79 Å². The number of carbonyl (C=O) groups is 1. The van der Waals surface area contributed by atoms with E-state index in [9.17, 15) is 4.79 Å². The molecule has 2 rings (SSSR count). The maximum Gasteiger partial charge on any atom is 0.221 e. The molecular formula is C16H24N2OS. The minimum absolute atomic E-state index is 0.166. The fourth-order valence-electron chi connectivity index (χ4n) is 2.51. The van der Waals surface area contributed by atoms with Gasteiger partial charge < -0.3 is 10.6 Å². The Balaban J connectivity index is 1.76. The van der Waals surface area contributed by atoms with Crippen LogP contribution >= 0.6 is 11.8 Å². The summed E-state index contributed by atoms with van der Waals surface area (Å²) >= 11 is 1.93. The molecule has 3 nitrogen and oxygen atoms in total. The molecule has 1 heterocycles. The van der Waals surface area contributed by atoms with Gasteiger partial charge in [0.05, 0.1) is 0 Å². The average molecular weight is 292 g/mol. The van der Waals surface area contributed by atoms with E-state index in [-0.39, 0.29) is 5.91 Å². The van der Waals surface area contributed by atoms with E-state index < -0.39 is 0 Å². The molecule has 0 bridgehead atoms. The van der Waals surface area contributed by atoms with Gasteiger partial charge in [-0.1, -0.05) is 37.3 Å². The van der Waals surface area contributed by atoms with Gasteiger partial charge in [0.25, 0.3) is 0 Å². The Labute approximate surface area is 125 Å². The molecule has 1 fully saturated rings. The summed E-state index contributed by atoms with van der Waals surface area (Å²) in [5, 5.41) is 6.49. The molecule has 0 aliphatic carbocycles. The van der Waals surface area contributed by atoms with Gasteiger partial charge in [0.1, 0.15) is 0 Å². The van der Waals surface area contributed by atoms with E-state index in [1.165, 1.54) is 5.56 Å². The van der Waals surface area contributed by atoms with Crippen molar-refractivity contribution in [3.8, 4) is 0 Å². The molecule has 1 amide bonds. The van der Waals surface area contributed by atoms with E-state index in [2.05, 4.69) is 41.8 Å². The molecular weight excluding hydrogens is 268 g/mol. The van der Waals surface area contributed by atoms with Gasteiger partial charge in [-0.2, -0.15) is 11.8 Å². The number of hydrogen-bond donors (Lipinski definition) is 2. The zero-order valence-corrected chi connectivity index (χ0v) is 12.9. The second-order valence-corrected chi connectivity index (χ2v) is 6.40. The van der Waals surface area contributed by atoms with Crippen LogP contribution in [0.3, 0.4) is 0 Å². The number of thioether (sulfide) groups is 1. The largest absolute Gasteiger partial charge is 0.355 e. The van der Waals surface area contributed by atoms with Crippen molar-refractivity contribution < 1.29 is 4.79 Å². The molecule has 2 unspecified atom stereocenters. The number of carbonyl (C=O) groups excluding carboxylic acids is 1. The predicted molar refractivity (Wildman–Crippen MR) is 86.2 cm³/mol. The summed E-state index contributed by atoms with van der Waals surface area (Å²) in [7, 11) is 0. The number of nitrogens with one attached hydrogen (secondary N) is 2. The van der Waals surface area contributed by atoms with E-state index in [0.29, 0.717) is 18.4 Å². The second-order valence-electron chi connectivity index (χ2n) is 5.25. The Morgan fingerprint density at radius 2 is 2.25 bits per heavy atom. The maximum absolute atomic E-state index is 12.0. The highest BCUT2D eigenvalue weighted by atomic mass is 32.2. The molecule has 0 spiro atoms. The molecule has 1 aromatic rings. The van der Waals surface area contributed by atoms with Crippen LogP contribution in [-0.2, 0) is 4.79 Å². The van der Waals surface area contributed by atoms with Gasteiger partial charge in [-0.25, -0.2) is 0 Å². The van der Waals surface area contributed by atoms with Crippen LogP contribution in [-0.4, -0.2) is 36.5 Å². The van der Waals surface area contributed by atoms with Crippen molar-refractivity contribution in [2.45, 2.75) is 31.7 Å². The fraction of sp³-hybridized carbons (Fsp3) is 0.562. The van der Waals surface area contributed by atoms with Crippen LogP contribution in [0.4, 0.5) is 0 Å². The average Bonchev–Trinajstić information content (AvgIpc) is 2.50. The fourth-order valence-corrected chi connectivity index (χ4v) is 3.46. The van der Waals surface area contributed by atoms with E-state index in [1.54, 1.807) is 0 Å². The molecule has 0 saturated carbocycles. The minimum atomic E-state index is 0.166. The van der Waals surface area contributed by atoms with Crippen molar-refractivity contribution in [3.05, 3.63) is 35.9 Å². The maximum atomic E-state index is 12.0. The van der Waals surface area contributed by atoms with Gasteiger partial charge in [-0.15, -0.1) is 0 Å². The molecule has 0 radical (unpaired) electrons. The van der Waals surface area contributed by atoms with Crippen molar-refractivity contribution in [3.63, 3.8) is 0 Å². The Hall–Kier alpha value is -1.00. The third-order valence-electron chi connectivity index (χ3n) is 3.74. The molecule has 110 valence electrons. The van der Waals surface area contributed by atoms with Crippen molar-refractivity contribution in [1.29, 1.82) is 0 Å². The zero-order chi connectivity index (χ0) is 14.2. The summed E-state index contributed by atoms with van der Waals surface area (Å²) in [6, 6.07) is 10.8. The van der Waals surface area contributed by atoms with Crippen molar-refractivity contribution in [1.82, 2.24) is 10.6 Å². The number of benzene rings is 1. The van der Waals surface area contributed by atoms with Crippen molar-refractivity contribution in [2.75, 3.05) is 24.6 Å². The topological polar surface area (TPSA) is 41.1 Å². The van der Waals surface area contributed by atoms with Crippen LogP contribution < -0.4 is 10.6 Å². The van der Waals surface area contributed by atoms with E-state index in [1.807, 2.05) is 17.8 Å². The molecule has 20 heavy (non-hydrogen) atoms. The lowest BCUT2D eigenvalue weighted by atomic mass is 9.96. The van der Waals surface area contributed by atoms with Crippen LogP contribution in [0.25, 0.3) is 0 Å². The van der Waals surface area contributed by atoms with Crippen molar-refractivity contribution >= 4 is 17.7 Å². The van der Waals surface area contributed by atoms with Gasteiger partial charge in [0, 0.05) is 43.0 Å². The predicted octanol–water partition coefficient (Wildman–Crippen LogP) is 2.39. The number of amides is 1. The van der Waals surface area contributed by atoms with E-state index >= 15 is 0 Å². The highest BCUT2D eigenvalue weighted by molar-refractivity contribution is 7.99. The molecule has 2 atom stereocenters. The monoisotopic (exact) mass is 292 g/mol. The Bertz CT molecular complexity index is 404. The summed E-state index contributed by atoms with van der Waals surface area (Å²) in [4.78, 5) is 12.0. The Morgan fingerprint density at radius 1 is 1.45 bits per heavy atom. The van der Waals surface area contributed by atoms with Crippen LogP contribution in [0.1, 0.15) is 31.2 Å². The summed E-state index contributed by atoms with van der Waals surface area (Å²) in [6.07, 6.45) is 1.64. The second kappa shape index (κ2) is 8.32. The summed E-state index contributed by atoms with van der Waals surface area (Å²) in [5.74, 6) is 2.78. The van der Waals surface area contributed by atoms with Crippen LogP contribution in [0.2, 0.25) is 0 Å². The van der Waals surface area contributed by atoms with Gasteiger partial charge in [-0.05, 0) is 12.0 Å². The van der Waals surface area contributed by atoms with Gasteiger partial charge in [0.15, 0.2) is 0 Å². The lowest BCUT2D eigenvalue weighted by Crippen LogP contribution is -2.41. The van der Waals surface area contributed by atoms with Gasteiger partial charge >= 0.3 is 0 Å². The first-order chi connectivity index (χ1) is 9.79. The van der Waals surface area contributed by atoms with Crippen LogP contribution in [0, 0.1) is 0 Å². The minimum Gasteiger partial charge on any atom is -0.355 e. The third kappa shape index (κ3) is 4.84. The van der Waals surface area contributed by atoms with Gasteiger partial charge in [0.2, 0.25) is 5.91 Å². The quantitative estimate of drug-likeness (QED) is 0.846. The molecule has 2 N–H and O–H groups in total. The molecule has 0 aromatic heterocycles. The molecule has 1 saturated heterocycles. The highest BCUT2D eigenvalue weighted by Gasteiger charge is 2.17.